The monoisotopic (exact) mass is 402 g/mol. The maximum Gasteiger partial charge on any atom is 0.410 e. The number of nitrogens with two attached hydrogens (primary N) is 1. The van der Waals surface area contributed by atoms with Gasteiger partial charge < -0.3 is 25.4 Å². The van der Waals surface area contributed by atoms with E-state index in [1.54, 1.807) is 20.8 Å². The van der Waals surface area contributed by atoms with E-state index in [1.165, 1.54) is 4.90 Å². The van der Waals surface area contributed by atoms with E-state index in [9.17, 15) is 23.8 Å². The molecule has 1 amide bonds. The van der Waals surface area contributed by atoms with E-state index in [0.717, 1.165) is 18.2 Å². The first-order chi connectivity index (χ1) is 13.0. The van der Waals surface area contributed by atoms with Crippen LogP contribution in [0.3, 0.4) is 0 Å². The largest absolute Gasteiger partial charge is 0.444 e. The zero-order chi connectivity index (χ0) is 21.1. The van der Waals surface area contributed by atoms with Gasteiger partial charge in [-0.15, -0.1) is 0 Å². The molecule has 0 radical (unpaired) electrons. The third-order valence-corrected chi connectivity index (χ3v) is 4.36. The second kappa shape index (κ2) is 9.13. The first kappa shape index (κ1) is 22.5. The Morgan fingerprint density at radius 2 is 1.96 bits per heavy atom. The van der Waals surface area contributed by atoms with Crippen molar-refractivity contribution in [3.8, 4) is 0 Å². The van der Waals surface area contributed by atoms with Gasteiger partial charge in [-0.1, -0.05) is 0 Å². The number of benzene rings is 1. The molecule has 4 atom stereocenters. The van der Waals surface area contributed by atoms with Crippen molar-refractivity contribution in [2.45, 2.75) is 57.1 Å². The molecule has 1 aromatic rings. The van der Waals surface area contributed by atoms with Crippen molar-refractivity contribution in [1.82, 2.24) is 4.90 Å². The van der Waals surface area contributed by atoms with Crippen molar-refractivity contribution in [1.29, 1.82) is 0 Å². The van der Waals surface area contributed by atoms with Crippen molar-refractivity contribution in [3.05, 3.63) is 35.4 Å². The minimum Gasteiger partial charge on any atom is -0.444 e. The van der Waals surface area contributed by atoms with E-state index in [0.29, 0.717) is 0 Å². The highest BCUT2D eigenvalue weighted by Gasteiger charge is 2.40. The lowest BCUT2D eigenvalue weighted by molar-refractivity contribution is -0.113. The summed E-state index contributed by atoms with van der Waals surface area (Å²) in [6, 6.07) is 1.29. The highest BCUT2D eigenvalue weighted by Crippen LogP contribution is 2.21. The van der Waals surface area contributed by atoms with Gasteiger partial charge in [0.1, 0.15) is 17.2 Å². The van der Waals surface area contributed by atoms with Gasteiger partial charge in [0.25, 0.3) is 0 Å². The molecule has 1 fully saturated rings. The van der Waals surface area contributed by atoms with Gasteiger partial charge in [0.05, 0.1) is 38.0 Å². The average molecular weight is 402 g/mol. The third kappa shape index (κ3) is 6.10. The second-order valence-electron chi connectivity index (χ2n) is 7.97. The Kier molecular flexibility index (Phi) is 7.33. The lowest BCUT2D eigenvalue weighted by atomic mass is 9.95. The number of hydrogen-bond donors (Lipinski definition) is 3. The maximum atomic E-state index is 13.4. The third-order valence-electron chi connectivity index (χ3n) is 4.36. The normalized spacial score (nSPS) is 22.6. The molecule has 2 rings (SSSR count). The van der Waals surface area contributed by atoms with E-state index in [-0.39, 0.29) is 31.7 Å². The molecule has 0 bridgehead atoms. The zero-order valence-electron chi connectivity index (χ0n) is 16.3. The van der Waals surface area contributed by atoms with Crippen molar-refractivity contribution >= 4 is 6.09 Å². The molecular weight excluding hydrogens is 374 g/mol. The van der Waals surface area contributed by atoms with E-state index < -0.39 is 47.6 Å². The fourth-order valence-corrected chi connectivity index (χ4v) is 3.06. The average Bonchev–Trinajstić information content (AvgIpc) is 2.58. The molecule has 28 heavy (non-hydrogen) atoms. The van der Waals surface area contributed by atoms with Crippen LogP contribution in [0.4, 0.5) is 13.6 Å². The summed E-state index contributed by atoms with van der Waals surface area (Å²) in [5.74, 6) is -1.47. The molecule has 9 heteroatoms. The summed E-state index contributed by atoms with van der Waals surface area (Å²) >= 11 is 0. The summed E-state index contributed by atoms with van der Waals surface area (Å²) < 4.78 is 37.6. The number of halogens is 2. The molecule has 0 spiro atoms. The van der Waals surface area contributed by atoms with E-state index in [1.807, 2.05) is 0 Å². The van der Waals surface area contributed by atoms with Gasteiger partial charge in [-0.25, -0.2) is 13.6 Å². The van der Waals surface area contributed by atoms with E-state index >= 15 is 0 Å². The van der Waals surface area contributed by atoms with Crippen LogP contribution >= 0.6 is 0 Å². The van der Waals surface area contributed by atoms with Crippen LogP contribution in [0.2, 0.25) is 0 Å². The molecular formula is C19H28F2N2O5. The summed E-state index contributed by atoms with van der Waals surface area (Å²) in [6.45, 7) is 4.81. The van der Waals surface area contributed by atoms with Crippen LogP contribution in [-0.4, -0.2) is 70.9 Å². The standard InChI is InChI=1S/C19H28F2N2O5/c1-19(2,3)28-18(26)23-8-14(9-24)27-10-16(23)17(25)15(22)6-11-4-12(20)7-13(21)5-11/h4-5,7,14-17,24-25H,6,8-10,22H2,1-3H3/t14?,15-,16?,17-/m0/s1. The van der Waals surface area contributed by atoms with Gasteiger partial charge in [0.2, 0.25) is 0 Å². The van der Waals surface area contributed by atoms with E-state index in [4.69, 9.17) is 15.2 Å². The second-order valence-corrected chi connectivity index (χ2v) is 7.97. The number of ether oxygens (including phenoxy) is 2. The number of rotatable bonds is 5. The molecule has 1 aromatic carbocycles. The molecule has 4 N–H and O–H groups in total. The minimum atomic E-state index is -1.24. The first-order valence-electron chi connectivity index (χ1n) is 9.11. The van der Waals surface area contributed by atoms with Crippen molar-refractivity contribution in [2.75, 3.05) is 19.8 Å². The number of carbonyl (C=O) groups is 1. The van der Waals surface area contributed by atoms with E-state index in [2.05, 4.69) is 0 Å². The van der Waals surface area contributed by atoms with Crippen molar-refractivity contribution in [3.63, 3.8) is 0 Å². The number of carbonyl (C=O) groups excluding carboxylic acids is 1. The Labute approximate surface area is 163 Å². The Balaban J connectivity index is 2.14. The predicted molar refractivity (Wildman–Crippen MR) is 97.6 cm³/mol. The lowest BCUT2D eigenvalue weighted by Gasteiger charge is -2.42. The number of aliphatic hydroxyl groups is 2. The van der Waals surface area contributed by atoms with Crippen LogP contribution in [0.25, 0.3) is 0 Å². The number of aliphatic hydroxyl groups excluding tert-OH is 2. The fraction of sp³-hybridized carbons (Fsp3) is 0.632. The van der Waals surface area contributed by atoms with Crippen LogP contribution in [0.15, 0.2) is 18.2 Å². The van der Waals surface area contributed by atoms with Gasteiger partial charge in [-0.2, -0.15) is 0 Å². The molecule has 1 heterocycles. The van der Waals surface area contributed by atoms with Crippen LogP contribution in [-0.2, 0) is 15.9 Å². The van der Waals surface area contributed by atoms with Crippen LogP contribution in [0.5, 0.6) is 0 Å². The van der Waals surface area contributed by atoms with Crippen LogP contribution in [0.1, 0.15) is 26.3 Å². The molecule has 2 unspecified atom stereocenters. The van der Waals surface area contributed by atoms with Gasteiger partial charge in [-0.05, 0) is 44.9 Å². The van der Waals surface area contributed by atoms with Crippen LogP contribution in [0, 0.1) is 11.6 Å². The summed E-state index contributed by atoms with van der Waals surface area (Å²) in [5, 5.41) is 20.1. The quantitative estimate of drug-likeness (QED) is 0.683. The summed E-state index contributed by atoms with van der Waals surface area (Å²) in [6.07, 6.45) is -2.51. The Bertz CT molecular complexity index is 663. The fourth-order valence-electron chi connectivity index (χ4n) is 3.06. The predicted octanol–water partition coefficient (Wildman–Crippen LogP) is 1.19. The molecule has 0 aliphatic carbocycles. The minimum absolute atomic E-state index is 0.00205. The molecule has 158 valence electrons. The molecule has 1 saturated heterocycles. The maximum absolute atomic E-state index is 13.4. The molecule has 1 aliphatic heterocycles. The van der Waals surface area contributed by atoms with Gasteiger partial charge in [-0.3, -0.25) is 4.90 Å². The SMILES string of the molecule is CC(C)(C)OC(=O)N1CC(CO)OCC1[C@@H](O)[C@@H](N)Cc1cc(F)cc(F)c1. The van der Waals surface area contributed by atoms with Gasteiger partial charge in [0.15, 0.2) is 0 Å². The Morgan fingerprint density at radius 3 is 2.50 bits per heavy atom. The summed E-state index contributed by atoms with van der Waals surface area (Å²) in [4.78, 5) is 13.9. The molecule has 1 aliphatic rings. The first-order valence-corrected chi connectivity index (χ1v) is 9.11. The topological polar surface area (TPSA) is 105 Å². The Hall–Kier alpha value is -1.81. The van der Waals surface area contributed by atoms with Crippen LogP contribution < -0.4 is 5.73 Å². The highest BCUT2D eigenvalue weighted by molar-refractivity contribution is 5.69. The highest BCUT2D eigenvalue weighted by atomic mass is 19.1. The number of amides is 1. The van der Waals surface area contributed by atoms with Crippen molar-refractivity contribution < 1.29 is 33.3 Å². The van der Waals surface area contributed by atoms with Crippen molar-refractivity contribution in [2.24, 2.45) is 5.73 Å². The number of hydrogen-bond acceptors (Lipinski definition) is 6. The Morgan fingerprint density at radius 1 is 1.36 bits per heavy atom. The smallest absolute Gasteiger partial charge is 0.410 e. The number of nitrogens with zero attached hydrogens (tertiary/aromatic N) is 1. The number of morpholine rings is 1. The summed E-state index contributed by atoms with van der Waals surface area (Å²) in [5.41, 5.74) is 5.60. The molecule has 0 saturated carbocycles. The zero-order valence-corrected chi connectivity index (χ0v) is 16.3. The molecule has 7 nitrogen and oxygen atoms in total. The van der Waals surface area contributed by atoms with Gasteiger partial charge >= 0.3 is 6.09 Å². The van der Waals surface area contributed by atoms with Gasteiger partial charge in [0, 0.05) is 12.1 Å². The summed E-state index contributed by atoms with van der Waals surface area (Å²) in [7, 11) is 0. The lowest BCUT2D eigenvalue weighted by Crippen LogP contribution is -2.62. The molecule has 0 aromatic heterocycles.